The van der Waals surface area contributed by atoms with Crippen LogP contribution in [0.15, 0.2) is 20.1 Å². The van der Waals surface area contributed by atoms with E-state index >= 15 is 0 Å². The standard InChI is InChI=1S/C7H7NS2/c1-5-6(2)10-7(9-5)3-4-8/h3H,1-2H3. The fourth-order valence-electron chi connectivity index (χ4n) is 0.578. The molecule has 0 aromatic rings. The van der Waals surface area contributed by atoms with Gasteiger partial charge >= 0.3 is 0 Å². The molecule has 0 N–H and O–H groups in total. The van der Waals surface area contributed by atoms with Crippen molar-refractivity contribution in [1.29, 1.82) is 5.26 Å². The number of allylic oxidation sites excluding steroid dienone is 3. The van der Waals surface area contributed by atoms with Crippen molar-refractivity contribution in [2.24, 2.45) is 0 Å². The number of rotatable bonds is 0. The Hall–Kier alpha value is -0.330. The molecule has 0 saturated heterocycles. The molecule has 0 amide bonds. The molecule has 0 spiro atoms. The Kier molecular flexibility index (Phi) is 2.47. The van der Waals surface area contributed by atoms with Gasteiger partial charge in [0.05, 0.1) is 10.3 Å². The Morgan fingerprint density at radius 1 is 1.30 bits per heavy atom. The van der Waals surface area contributed by atoms with Crippen LogP contribution in [0.1, 0.15) is 13.8 Å². The third-order valence-corrected chi connectivity index (χ3v) is 3.68. The molecule has 1 aliphatic heterocycles. The van der Waals surface area contributed by atoms with Crippen LogP contribution < -0.4 is 0 Å². The van der Waals surface area contributed by atoms with Crippen LogP contribution in [-0.2, 0) is 0 Å². The van der Waals surface area contributed by atoms with Gasteiger partial charge in [-0.05, 0) is 23.7 Å². The van der Waals surface area contributed by atoms with E-state index < -0.39 is 0 Å². The van der Waals surface area contributed by atoms with E-state index in [-0.39, 0.29) is 0 Å². The minimum atomic E-state index is 1.09. The fourth-order valence-corrected chi connectivity index (χ4v) is 2.86. The van der Waals surface area contributed by atoms with Crippen LogP contribution in [0.4, 0.5) is 0 Å². The first kappa shape index (κ1) is 7.77. The number of hydrogen-bond acceptors (Lipinski definition) is 3. The highest BCUT2D eigenvalue weighted by molar-refractivity contribution is 8.28. The molecule has 1 rings (SSSR count). The van der Waals surface area contributed by atoms with Crippen LogP contribution in [-0.4, -0.2) is 0 Å². The number of thioether (sulfide) groups is 2. The molecule has 1 heterocycles. The van der Waals surface area contributed by atoms with Crippen molar-refractivity contribution in [2.75, 3.05) is 0 Å². The zero-order valence-electron chi connectivity index (χ0n) is 5.84. The maximum Gasteiger partial charge on any atom is 0.0929 e. The molecule has 3 heteroatoms. The second kappa shape index (κ2) is 3.18. The normalized spacial score (nSPS) is 17.5. The van der Waals surface area contributed by atoms with E-state index in [2.05, 4.69) is 13.8 Å². The van der Waals surface area contributed by atoms with E-state index in [4.69, 9.17) is 5.26 Å². The van der Waals surface area contributed by atoms with Crippen molar-refractivity contribution in [1.82, 2.24) is 0 Å². The van der Waals surface area contributed by atoms with Crippen molar-refractivity contribution < 1.29 is 0 Å². The van der Waals surface area contributed by atoms with E-state index in [9.17, 15) is 0 Å². The van der Waals surface area contributed by atoms with Gasteiger partial charge in [0.15, 0.2) is 0 Å². The fraction of sp³-hybridized carbons (Fsp3) is 0.286. The van der Waals surface area contributed by atoms with Gasteiger partial charge in [-0.25, -0.2) is 0 Å². The van der Waals surface area contributed by atoms with Crippen LogP contribution in [0.5, 0.6) is 0 Å². The zero-order chi connectivity index (χ0) is 7.56. The highest BCUT2D eigenvalue weighted by Crippen LogP contribution is 2.48. The second-order valence-electron chi connectivity index (χ2n) is 1.91. The summed E-state index contributed by atoms with van der Waals surface area (Å²) in [5.74, 6) is 0. The molecule has 10 heavy (non-hydrogen) atoms. The second-order valence-corrected chi connectivity index (χ2v) is 4.68. The van der Waals surface area contributed by atoms with Crippen molar-refractivity contribution in [3.05, 3.63) is 20.1 Å². The first-order valence-electron chi connectivity index (χ1n) is 2.87. The number of nitriles is 1. The van der Waals surface area contributed by atoms with Crippen LogP contribution in [0.3, 0.4) is 0 Å². The van der Waals surface area contributed by atoms with E-state index in [0.29, 0.717) is 0 Å². The largest absolute Gasteiger partial charge is 0.193 e. The lowest BCUT2D eigenvalue weighted by molar-refractivity contribution is 1.54. The summed E-state index contributed by atoms with van der Waals surface area (Å²) in [7, 11) is 0. The summed E-state index contributed by atoms with van der Waals surface area (Å²) in [6.45, 7) is 4.15. The Morgan fingerprint density at radius 3 is 2.20 bits per heavy atom. The van der Waals surface area contributed by atoms with Crippen LogP contribution in [0.25, 0.3) is 0 Å². The smallest absolute Gasteiger partial charge is 0.0929 e. The predicted molar refractivity (Wildman–Crippen MR) is 47.3 cm³/mol. The Morgan fingerprint density at radius 2 is 1.80 bits per heavy atom. The van der Waals surface area contributed by atoms with Gasteiger partial charge in [-0.15, -0.1) is 0 Å². The predicted octanol–water partition coefficient (Wildman–Crippen LogP) is 3.08. The SMILES string of the molecule is CC1=C(C)SC(=CC#N)S1. The van der Waals surface area contributed by atoms with Gasteiger partial charge in [0, 0.05) is 6.08 Å². The van der Waals surface area contributed by atoms with Crippen molar-refractivity contribution >= 4 is 23.5 Å². The first-order chi connectivity index (χ1) is 4.74. The molecule has 0 aliphatic carbocycles. The van der Waals surface area contributed by atoms with Crippen molar-refractivity contribution in [2.45, 2.75) is 13.8 Å². The zero-order valence-corrected chi connectivity index (χ0v) is 7.47. The van der Waals surface area contributed by atoms with E-state index in [1.807, 2.05) is 6.07 Å². The van der Waals surface area contributed by atoms with Gasteiger partial charge < -0.3 is 0 Å². The topological polar surface area (TPSA) is 23.8 Å². The molecular formula is C7H7NS2. The summed E-state index contributed by atoms with van der Waals surface area (Å²) in [6.07, 6.45) is 1.59. The van der Waals surface area contributed by atoms with Gasteiger partial charge in [0.2, 0.25) is 0 Å². The summed E-state index contributed by atoms with van der Waals surface area (Å²) in [5, 5.41) is 8.33. The molecule has 0 bridgehead atoms. The third-order valence-electron chi connectivity index (χ3n) is 1.19. The van der Waals surface area contributed by atoms with Gasteiger partial charge in [-0.3, -0.25) is 0 Å². The van der Waals surface area contributed by atoms with Crippen LogP contribution >= 0.6 is 23.5 Å². The Labute approximate surface area is 69.2 Å². The van der Waals surface area contributed by atoms with E-state index in [1.54, 1.807) is 29.6 Å². The highest BCUT2D eigenvalue weighted by Gasteiger charge is 2.12. The average molecular weight is 169 g/mol. The maximum atomic E-state index is 8.33. The van der Waals surface area contributed by atoms with Gasteiger partial charge in [-0.1, -0.05) is 23.5 Å². The molecule has 1 aliphatic rings. The third kappa shape index (κ3) is 1.59. The molecule has 0 radical (unpaired) electrons. The summed E-state index contributed by atoms with van der Waals surface area (Å²) >= 11 is 3.36. The first-order valence-corrected chi connectivity index (χ1v) is 4.50. The summed E-state index contributed by atoms with van der Waals surface area (Å²) < 4.78 is 1.09. The highest BCUT2D eigenvalue weighted by atomic mass is 32.2. The lowest BCUT2D eigenvalue weighted by Gasteiger charge is -1.87. The minimum Gasteiger partial charge on any atom is -0.193 e. The average Bonchev–Trinajstić information content (AvgIpc) is 2.14. The molecule has 0 aromatic heterocycles. The van der Waals surface area contributed by atoms with Gasteiger partial charge in [0.1, 0.15) is 0 Å². The molecule has 1 nitrogen and oxygen atoms in total. The quantitative estimate of drug-likeness (QED) is 0.521. The summed E-state index contributed by atoms with van der Waals surface area (Å²) in [6, 6.07) is 2.02. The minimum absolute atomic E-state index is 1.09. The summed E-state index contributed by atoms with van der Waals surface area (Å²) in [5.41, 5.74) is 0. The van der Waals surface area contributed by atoms with Crippen LogP contribution in [0, 0.1) is 11.3 Å². The monoisotopic (exact) mass is 169 g/mol. The molecule has 0 aromatic carbocycles. The van der Waals surface area contributed by atoms with Crippen molar-refractivity contribution in [3.63, 3.8) is 0 Å². The summed E-state index contributed by atoms with van der Waals surface area (Å²) in [4.78, 5) is 2.62. The Bertz CT molecular complexity index is 229. The molecule has 0 unspecified atom stereocenters. The molecular weight excluding hydrogens is 162 g/mol. The van der Waals surface area contributed by atoms with Gasteiger partial charge in [-0.2, -0.15) is 5.26 Å². The van der Waals surface area contributed by atoms with E-state index in [0.717, 1.165) is 4.24 Å². The van der Waals surface area contributed by atoms with E-state index in [1.165, 1.54) is 9.81 Å². The molecule has 0 fully saturated rings. The number of nitrogens with zero attached hydrogens (tertiary/aromatic N) is 1. The molecule has 52 valence electrons. The maximum absolute atomic E-state index is 8.33. The van der Waals surface area contributed by atoms with Crippen molar-refractivity contribution in [3.8, 4) is 6.07 Å². The molecule has 0 saturated carbocycles. The number of hydrogen-bond donors (Lipinski definition) is 0. The Balaban J connectivity index is 2.70. The van der Waals surface area contributed by atoms with Gasteiger partial charge in [0.25, 0.3) is 0 Å². The lowest BCUT2D eigenvalue weighted by atomic mass is 10.6. The lowest BCUT2D eigenvalue weighted by Crippen LogP contribution is -1.58. The van der Waals surface area contributed by atoms with Crippen LogP contribution in [0.2, 0.25) is 0 Å². The molecule has 0 atom stereocenters.